The van der Waals surface area contributed by atoms with E-state index in [1.54, 1.807) is 12.3 Å². The number of rotatable bonds is 7. The van der Waals surface area contributed by atoms with Gasteiger partial charge in [-0.2, -0.15) is 0 Å². The Labute approximate surface area is 141 Å². The number of ether oxygens (including phenoxy) is 1. The summed E-state index contributed by atoms with van der Waals surface area (Å²) in [6.07, 6.45) is 2.59. The molecule has 126 valence electrons. The van der Waals surface area contributed by atoms with Crippen molar-refractivity contribution in [1.82, 2.24) is 15.6 Å². The van der Waals surface area contributed by atoms with E-state index in [9.17, 15) is 4.79 Å². The van der Waals surface area contributed by atoms with Gasteiger partial charge in [0.1, 0.15) is 5.82 Å². The van der Waals surface area contributed by atoms with Crippen LogP contribution in [-0.4, -0.2) is 49.9 Å². The number of aromatic nitrogens is 1. The highest BCUT2D eigenvalue weighted by Crippen LogP contribution is 2.25. The maximum atomic E-state index is 11.9. The average Bonchev–Trinajstić information content (AvgIpc) is 2.95. The summed E-state index contributed by atoms with van der Waals surface area (Å²) in [5, 5.41) is 6.38. The molecule has 1 aromatic heterocycles. The van der Waals surface area contributed by atoms with Crippen molar-refractivity contribution in [2.24, 2.45) is 0 Å². The molecule has 1 aromatic rings. The number of urea groups is 1. The van der Waals surface area contributed by atoms with Gasteiger partial charge in [0.2, 0.25) is 0 Å². The summed E-state index contributed by atoms with van der Waals surface area (Å²) in [6, 6.07) is 3.54. The van der Waals surface area contributed by atoms with Crippen molar-refractivity contribution >= 4 is 23.4 Å². The van der Waals surface area contributed by atoms with E-state index < -0.39 is 0 Å². The van der Waals surface area contributed by atoms with Crippen LogP contribution in [0.2, 0.25) is 5.02 Å². The molecule has 2 rings (SSSR count). The van der Waals surface area contributed by atoms with E-state index in [1.165, 1.54) is 0 Å². The van der Waals surface area contributed by atoms with Crippen LogP contribution in [-0.2, 0) is 4.74 Å². The highest BCUT2D eigenvalue weighted by atomic mass is 35.5. The summed E-state index contributed by atoms with van der Waals surface area (Å²) in [6.45, 7) is 8.65. The first kappa shape index (κ1) is 17.6. The second kappa shape index (κ2) is 8.74. The van der Waals surface area contributed by atoms with Gasteiger partial charge < -0.3 is 20.3 Å². The fraction of sp³-hybridized carbons (Fsp3) is 0.500. The van der Waals surface area contributed by atoms with Gasteiger partial charge in [-0.05, 0) is 25.5 Å². The van der Waals surface area contributed by atoms with Crippen LogP contribution in [0.3, 0.4) is 0 Å². The van der Waals surface area contributed by atoms with E-state index in [4.69, 9.17) is 16.3 Å². The van der Waals surface area contributed by atoms with E-state index in [0.717, 1.165) is 24.4 Å². The molecule has 0 bridgehead atoms. The van der Waals surface area contributed by atoms with Crippen molar-refractivity contribution in [3.05, 3.63) is 35.5 Å². The zero-order valence-corrected chi connectivity index (χ0v) is 14.1. The molecule has 1 saturated heterocycles. The lowest BCUT2D eigenvalue weighted by Gasteiger charge is -2.19. The van der Waals surface area contributed by atoms with Crippen LogP contribution >= 0.6 is 11.6 Å². The minimum absolute atomic E-state index is 0.0874. The monoisotopic (exact) mass is 338 g/mol. The van der Waals surface area contributed by atoms with Crippen LogP contribution in [0.25, 0.3) is 0 Å². The molecule has 1 aliphatic rings. The number of anilines is 1. The Morgan fingerprint density at radius 2 is 2.43 bits per heavy atom. The fourth-order valence-corrected chi connectivity index (χ4v) is 2.64. The first-order valence-corrected chi connectivity index (χ1v) is 8.06. The molecule has 1 aliphatic heterocycles. The lowest BCUT2D eigenvalue weighted by molar-refractivity contribution is 0.157. The van der Waals surface area contributed by atoms with Crippen molar-refractivity contribution in [2.45, 2.75) is 19.4 Å². The topological polar surface area (TPSA) is 66.5 Å². The van der Waals surface area contributed by atoms with Crippen LogP contribution in [0.4, 0.5) is 10.6 Å². The normalized spacial score (nSPS) is 17.1. The Morgan fingerprint density at radius 3 is 3.17 bits per heavy atom. The first-order chi connectivity index (χ1) is 11.1. The lowest BCUT2D eigenvalue weighted by Crippen LogP contribution is -2.44. The summed E-state index contributed by atoms with van der Waals surface area (Å²) in [5.41, 5.74) is 0.966. The predicted molar refractivity (Wildman–Crippen MR) is 92.0 cm³/mol. The van der Waals surface area contributed by atoms with E-state index >= 15 is 0 Å². The Bertz CT molecular complexity index is 553. The summed E-state index contributed by atoms with van der Waals surface area (Å²) < 4.78 is 5.33. The second-order valence-electron chi connectivity index (χ2n) is 5.65. The number of amides is 2. The van der Waals surface area contributed by atoms with Gasteiger partial charge in [-0.25, -0.2) is 9.78 Å². The molecule has 2 heterocycles. The van der Waals surface area contributed by atoms with Crippen LogP contribution in [0.5, 0.6) is 0 Å². The molecule has 1 atom stereocenters. The van der Waals surface area contributed by atoms with Crippen LogP contribution in [0, 0.1) is 0 Å². The van der Waals surface area contributed by atoms with Crippen LogP contribution < -0.4 is 15.5 Å². The second-order valence-corrected chi connectivity index (χ2v) is 6.06. The number of carbonyl (C=O) groups excluding carboxylic acids is 1. The number of hydrogen-bond acceptors (Lipinski definition) is 4. The molecule has 0 radical (unpaired) electrons. The number of carbonyl (C=O) groups is 1. The number of nitrogens with one attached hydrogen (secondary N) is 2. The molecule has 0 aromatic carbocycles. The SMILES string of the molecule is C=C(C)COCCNC(=O)NC1CCN(c2ncccc2Cl)C1. The highest BCUT2D eigenvalue weighted by molar-refractivity contribution is 6.32. The third kappa shape index (κ3) is 5.73. The smallest absolute Gasteiger partial charge is 0.315 e. The Hall–Kier alpha value is -1.79. The van der Waals surface area contributed by atoms with Crippen molar-refractivity contribution in [1.29, 1.82) is 0 Å². The third-order valence-corrected chi connectivity index (χ3v) is 3.74. The quantitative estimate of drug-likeness (QED) is 0.591. The molecule has 2 N–H and O–H groups in total. The molecule has 23 heavy (non-hydrogen) atoms. The highest BCUT2D eigenvalue weighted by Gasteiger charge is 2.25. The maximum Gasteiger partial charge on any atom is 0.315 e. The predicted octanol–water partition coefficient (Wildman–Crippen LogP) is 2.21. The molecule has 2 amide bonds. The van der Waals surface area contributed by atoms with Gasteiger partial charge in [-0.15, -0.1) is 0 Å². The van der Waals surface area contributed by atoms with Gasteiger partial charge in [0.15, 0.2) is 0 Å². The largest absolute Gasteiger partial charge is 0.375 e. The van der Waals surface area contributed by atoms with Crippen LogP contribution in [0.1, 0.15) is 13.3 Å². The Kier molecular flexibility index (Phi) is 6.67. The summed E-state index contributed by atoms with van der Waals surface area (Å²) in [7, 11) is 0. The van der Waals surface area contributed by atoms with Gasteiger partial charge in [0, 0.05) is 31.9 Å². The van der Waals surface area contributed by atoms with Gasteiger partial charge in [-0.1, -0.05) is 23.8 Å². The number of nitrogens with zero attached hydrogens (tertiary/aromatic N) is 2. The number of halogens is 1. The Morgan fingerprint density at radius 1 is 1.61 bits per heavy atom. The average molecular weight is 339 g/mol. The van der Waals surface area contributed by atoms with Crippen molar-refractivity contribution in [3.8, 4) is 0 Å². The van der Waals surface area contributed by atoms with E-state index in [-0.39, 0.29) is 12.1 Å². The maximum absolute atomic E-state index is 11.9. The third-order valence-electron chi connectivity index (χ3n) is 3.44. The van der Waals surface area contributed by atoms with Gasteiger partial charge in [0.25, 0.3) is 0 Å². The summed E-state index contributed by atoms with van der Waals surface area (Å²) >= 11 is 6.15. The Balaban J connectivity index is 1.68. The summed E-state index contributed by atoms with van der Waals surface area (Å²) in [5.74, 6) is 0.770. The van der Waals surface area contributed by atoms with E-state index in [0.29, 0.717) is 31.3 Å². The molecule has 1 fully saturated rings. The molecule has 1 unspecified atom stereocenters. The minimum atomic E-state index is -0.178. The van der Waals surface area contributed by atoms with Gasteiger partial charge in [0.05, 0.1) is 18.2 Å². The molecule has 0 aliphatic carbocycles. The summed E-state index contributed by atoms with van der Waals surface area (Å²) in [4.78, 5) is 18.2. The molecular weight excluding hydrogens is 316 g/mol. The number of hydrogen-bond donors (Lipinski definition) is 2. The van der Waals surface area contributed by atoms with Gasteiger partial charge in [-0.3, -0.25) is 0 Å². The zero-order chi connectivity index (χ0) is 16.7. The standard InChI is InChI=1S/C16H23ClN4O2/c1-12(2)11-23-9-7-19-16(22)20-13-5-8-21(10-13)15-14(17)4-3-6-18-15/h3-4,6,13H,1,5,7-11H2,2H3,(H2,19,20,22). The lowest BCUT2D eigenvalue weighted by atomic mass is 10.3. The van der Waals surface area contributed by atoms with Crippen molar-refractivity contribution in [2.75, 3.05) is 37.7 Å². The van der Waals surface area contributed by atoms with Crippen molar-refractivity contribution < 1.29 is 9.53 Å². The van der Waals surface area contributed by atoms with Gasteiger partial charge >= 0.3 is 6.03 Å². The minimum Gasteiger partial charge on any atom is -0.375 e. The van der Waals surface area contributed by atoms with E-state index in [2.05, 4.69) is 27.1 Å². The van der Waals surface area contributed by atoms with Crippen molar-refractivity contribution in [3.63, 3.8) is 0 Å². The molecular formula is C16H23ClN4O2. The number of pyridine rings is 1. The zero-order valence-electron chi connectivity index (χ0n) is 13.3. The molecule has 0 saturated carbocycles. The van der Waals surface area contributed by atoms with Crippen LogP contribution in [0.15, 0.2) is 30.5 Å². The molecule has 6 nitrogen and oxygen atoms in total. The molecule has 0 spiro atoms. The fourth-order valence-electron chi connectivity index (χ4n) is 2.40. The van der Waals surface area contributed by atoms with E-state index in [1.807, 2.05) is 13.0 Å². The first-order valence-electron chi connectivity index (χ1n) is 7.68. The molecule has 7 heteroatoms.